The number of carbonyl (C=O) groups is 2. The number of halogens is 3. The average molecular weight is 422 g/mol. The molecule has 0 spiro atoms. The number of imide groups is 1. The number of benzene rings is 1. The number of carbonyl (C=O) groups excluding carboxylic acids is 2. The molecule has 1 saturated heterocycles. The van der Waals surface area contributed by atoms with Gasteiger partial charge in [-0.2, -0.15) is 0 Å². The van der Waals surface area contributed by atoms with Gasteiger partial charge in [-0.1, -0.05) is 0 Å². The van der Waals surface area contributed by atoms with Crippen LogP contribution < -0.4 is 4.46 Å². The number of nitrogens with zero attached hydrogens (tertiary/aromatic N) is 1. The third kappa shape index (κ3) is 5.75. The first-order valence-electron chi connectivity index (χ1n) is 7.79. The Kier molecular flexibility index (Phi) is 5.84. The standard InChI is InChI=1S/C17H20F3NO3Se/c1-16(2,3)24-15(23)21-10-11(9-17(18,19)20)13(14(21)22)25-12-7-5-4-6-8-12/h4-8,11,13H,9-10H2,1-3H3/t11-,13?/m0/s1. The van der Waals surface area contributed by atoms with Crippen LogP contribution in [0, 0.1) is 5.92 Å². The molecule has 2 amide bonds. The number of alkyl halides is 3. The van der Waals surface area contributed by atoms with Crippen LogP contribution in [0.4, 0.5) is 18.0 Å². The maximum absolute atomic E-state index is 12.9. The number of hydrogen-bond donors (Lipinski definition) is 0. The Hall–Kier alpha value is -1.53. The van der Waals surface area contributed by atoms with Gasteiger partial charge in [0.15, 0.2) is 0 Å². The van der Waals surface area contributed by atoms with Crippen molar-refractivity contribution in [3.05, 3.63) is 30.3 Å². The van der Waals surface area contributed by atoms with Gasteiger partial charge in [-0.15, -0.1) is 0 Å². The van der Waals surface area contributed by atoms with Crippen LogP contribution in [0.5, 0.6) is 0 Å². The Morgan fingerprint density at radius 3 is 2.36 bits per heavy atom. The molecule has 0 aromatic heterocycles. The molecule has 8 heteroatoms. The predicted molar refractivity (Wildman–Crippen MR) is 87.7 cm³/mol. The Labute approximate surface area is 150 Å². The second kappa shape index (κ2) is 7.38. The average Bonchev–Trinajstić information content (AvgIpc) is 2.74. The van der Waals surface area contributed by atoms with E-state index in [-0.39, 0.29) is 6.54 Å². The van der Waals surface area contributed by atoms with Gasteiger partial charge in [0.2, 0.25) is 0 Å². The Morgan fingerprint density at radius 2 is 1.84 bits per heavy atom. The molecule has 138 valence electrons. The predicted octanol–water partition coefficient (Wildman–Crippen LogP) is 3.15. The van der Waals surface area contributed by atoms with Crippen molar-refractivity contribution in [1.82, 2.24) is 4.90 Å². The zero-order chi connectivity index (χ0) is 18.8. The zero-order valence-electron chi connectivity index (χ0n) is 14.2. The molecule has 1 aromatic carbocycles. The minimum atomic E-state index is -4.39. The van der Waals surface area contributed by atoms with Crippen LogP contribution in [0.1, 0.15) is 27.2 Å². The summed E-state index contributed by atoms with van der Waals surface area (Å²) in [5.41, 5.74) is -0.820. The number of rotatable bonds is 3. The fourth-order valence-electron chi connectivity index (χ4n) is 2.52. The summed E-state index contributed by atoms with van der Waals surface area (Å²) in [7, 11) is 0. The van der Waals surface area contributed by atoms with Crippen molar-refractivity contribution in [3.63, 3.8) is 0 Å². The molecule has 1 aromatic rings. The topological polar surface area (TPSA) is 46.6 Å². The van der Waals surface area contributed by atoms with E-state index in [1.165, 1.54) is 0 Å². The van der Waals surface area contributed by atoms with Gasteiger partial charge in [-0.05, 0) is 0 Å². The summed E-state index contributed by atoms with van der Waals surface area (Å²) in [6, 6.07) is 8.93. The third-order valence-electron chi connectivity index (χ3n) is 3.47. The van der Waals surface area contributed by atoms with Crippen LogP contribution in [0.15, 0.2) is 30.3 Å². The Balaban J connectivity index is 2.20. The van der Waals surface area contributed by atoms with Crippen molar-refractivity contribution < 1.29 is 27.5 Å². The molecule has 4 nitrogen and oxygen atoms in total. The van der Waals surface area contributed by atoms with E-state index in [0.29, 0.717) is 0 Å². The van der Waals surface area contributed by atoms with E-state index in [1.807, 2.05) is 0 Å². The molecule has 2 rings (SSSR count). The van der Waals surface area contributed by atoms with Crippen molar-refractivity contribution >= 4 is 31.4 Å². The summed E-state index contributed by atoms with van der Waals surface area (Å²) >= 11 is -0.495. The van der Waals surface area contributed by atoms with Gasteiger partial charge in [0.05, 0.1) is 0 Å². The molecule has 1 heterocycles. The van der Waals surface area contributed by atoms with Gasteiger partial charge in [-0.25, -0.2) is 0 Å². The molecule has 0 radical (unpaired) electrons. The molecule has 0 saturated carbocycles. The quantitative estimate of drug-likeness (QED) is 0.704. The fraction of sp³-hybridized carbons (Fsp3) is 0.529. The monoisotopic (exact) mass is 423 g/mol. The summed E-state index contributed by atoms with van der Waals surface area (Å²) in [4.78, 5) is 24.8. The summed E-state index contributed by atoms with van der Waals surface area (Å²) in [6.07, 6.45) is -6.35. The Morgan fingerprint density at radius 1 is 1.24 bits per heavy atom. The molecule has 1 aliphatic rings. The molecular formula is C17H20F3NO3Se. The second-order valence-corrected chi connectivity index (χ2v) is 9.41. The van der Waals surface area contributed by atoms with Crippen LogP contribution in [0.2, 0.25) is 4.82 Å². The van der Waals surface area contributed by atoms with E-state index in [1.54, 1.807) is 51.1 Å². The van der Waals surface area contributed by atoms with E-state index in [2.05, 4.69) is 0 Å². The summed E-state index contributed by atoms with van der Waals surface area (Å²) in [5.74, 6) is -1.52. The van der Waals surface area contributed by atoms with E-state index >= 15 is 0 Å². The SMILES string of the molecule is CC(C)(C)OC(=O)N1C[C@H](CC(F)(F)F)C([Se]c2ccccc2)C1=O. The first-order valence-corrected chi connectivity index (χ1v) is 9.64. The van der Waals surface area contributed by atoms with Gasteiger partial charge in [0.25, 0.3) is 0 Å². The van der Waals surface area contributed by atoms with Crippen molar-refractivity contribution in [2.45, 2.75) is 43.8 Å². The number of hydrogen-bond acceptors (Lipinski definition) is 3. The normalized spacial score (nSPS) is 21.5. The number of ether oxygens (including phenoxy) is 1. The molecule has 25 heavy (non-hydrogen) atoms. The van der Waals surface area contributed by atoms with E-state index in [4.69, 9.17) is 4.74 Å². The maximum atomic E-state index is 12.9. The molecule has 0 bridgehead atoms. The van der Waals surface area contributed by atoms with Crippen molar-refractivity contribution in [1.29, 1.82) is 0 Å². The molecule has 1 aliphatic heterocycles. The van der Waals surface area contributed by atoms with Crippen molar-refractivity contribution in [2.24, 2.45) is 5.92 Å². The van der Waals surface area contributed by atoms with E-state index in [0.717, 1.165) is 9.36 Å². The first-order chi connectivity index (χ1) is 11.5. The van der Waals surface area contributed by atoms with Crippen LogP contribution >= 0.6 is 0 Å². The van der Waals surface area contributed by atoms with Gasteiger partial charge in [0.1, 0.15) is 0 Å². The van der Waals surface area contributed by atoms with Gasteiger partial charge in [0, 0.05) is 0 Å². The van der Waals surface area contributed by atoms with E-state index < -0.39 is 55.9 Å². The van der Waals surface area contributed by atoms with Gasteiger partial charge < -0.3 is 0 Å². The van der Waals surface area contributed by atoms with Crippen molar-refractivity contribution in [2.75, 3.05) is 6.54 Å². The van der Waals surface area contributed by atoms with E-state index in [9.17, 15) is 22.8 Å². The summed E-state index contributed by atoms with van der Waals surface area (Å²) < 4.78 is 44.7. The van der Waals surface area contributed by atoms with Crippen LogP contribution in [-0.2, 0) is 9.53 Å². The molecule has 1 fully saturated rings. The first kappa shape index (κ1) is 19.8. The number of likely N-dealkylation sites (tertiary alicyclic amines) is 1. The minimum absolute atomic E-state index is 0.257. The van der Waals surface area contributed by atoms with Gasteiger partial charge in [-0.3, -0.25) is 0 Å². The second-order valence-electron chi connectivity index (χ2n) is 6.86. The summed E-state index contributed by atoms with van der Waals surface area (Å²) in [6.45, 7) is 4.67. The molecular weight excluding hydrogens is 402 g/mol. The number of amides is 2. The summed E-state index contributed by atoms with van der Waals surface area (Å²) in [5, 5.41) is 0. The molecule has 0 N–H and O–H groups in total. The van der Waals surface area contributed by atoms with Crippen LogP contribution in [-0.4, -0.2) is 50.2 Å². The van der Waals surface area contributed by atoms with Crippen LogP contribution in [0.3, 0.4) is 0 Å². The van der Waals surface area contributed by atoms with Crippen molar-refractivity contribution in [3.8, 4) is 0 Å². The molecule has 1 unspecified atom stereocenters. The molecule has 0 aliphatic carbocycles. The Bertz CT molecular complexity index is 628. The zero-order valence-corrected chi connectivity index (χ0v) is 15.9. The molecule has 2 atom stereocenters. The fourth-order valence-corrected chi connectivity index (χ4v) is 5.06. The van der Waals surface area contributed by atoms with Crippen LogP contribution in [0.25, 0.3) is 0 Å². The third-order valence-corrected chi connectivity index (χ3v) is 6.37. The van der Waals surface area contributed by atoms with Gasteiger partial charge >= 0.3 is 150 Å².